The first-order valence-electron chi connectivity index (χ1n) is 6.77. The summed E-state index contributed by atoms with van der Waals surface area (Å²) in [5.41, 5.74) is 0.859. The molecule has 0 unspecified atom stereocenters. The minimum atomic E-state index is -3.19. The number of carbonyl (C=O) groups is 1. The molecule has 1 fully saturated rings. The molecular weight excluding hydrogens is 292 g/mol. The zero-order valence-corrected chi connectivity index (χ0v) is 13.0. The maximum absolute atomic E-state index is 11.5. The summed E-state index contributed by atoms with van der Waals surface area (Å²) in [7, 11) is -1.66. The van der Waals surface area contributed by atoms with E-state index in [-0.39, 0.29) is 12.5 Å². The number of ether oxygens (including phenoxy) is 1. The molecule has 0 aliphatic heterocycles. The second-order valence-electron chi connectivity index (χ2n) is 5.29. The van der Waals surface area contributed by atoms with Crippen LogP contribution in [0.15, 0.2) is 24.3 Å². The van der Waals surface area contributed by atoms with Crippen LogP contribution in [-0.2, 0) is 21.4 Å². The van der Waals surface area contributed by atoms with E-state index >= 15 is 0 Å². The monoisotopic (exact) mass is 312 g/mol. The van der Waals surface area contributed by atoms with Gasteiger partial charge >= 0.3 is 0 Å². The molecule has 7 heteroatoms. The molecule has 1 aliphatic rings. The third-order valence-corrected chi connectivity index (χ3v) is 4.47. The summed E-state index contributed by atoms with van der Waals surface area (Å²) in [5.74, 6) is 0.477. The van der Waals surface area contributed by atoms with Crippen LogP contribution in [0.25, 0.3) is 0 Å². The van der Waals surface area contributed by atoms with Gasteiger partial charge in [-0.05, 0) is 30.5 Å². The Morgan fingerprint density at radius 1 is 1.33 bits per heavy atom. The van der Waals surface area contributed by atoms with Crippen LogP contribution in [-0.4, -0.2) is 44.6 Å². The van der Waals surface area contributed by atoms with Gasteiger partial charge < -0.3 is 10.1 Å². The average molecular weight is 312 g/mol. The lowest BCUT2D eigenvalue weighted by Crippen LogP contribution is -2.30. The van der Waals surface area contributed by atoms with E-state index in [1.807, 2.05) is 0 Å². The highest BCUT2D eigenvalue weighted by Gasteiger charge is 2.23. The molecule has 0 radical (unpaired) electrons. The summed E-state index contributed by atoms with van der Waals surface area (Å²) in [4.78, 5) is 11.5. The van der Waals surface area contributed by atoms with Gasteiger partial charge in [0.2, 0.25) is 10.0 Å². The molecular formula is C14H20N2O4S. The van der Waals surface area contributed by atoms with E-state index in [0.717, 1.165) is 18.4 Å². The minimum Gasteiger partial charge on any atom is -0.484 e. The minimum absolute atomic E-state index is 0.000904. The van der Waals surface area contributed by atoms with Crippen molar-refractivity contribution >= 4 is 15.9 Å². The number of sulfonamides is 1. The van der Waals surface area contributed by atoms with Gasteiger partial charge in [-0.1, -0.05) is 12.1 Å². The zero-order valence-electron chi connectivity index (χ0n) is 12.2. The maximum atomic E-state index is 11.5. The van der Waals surface area contributed by atoms with Gasteiger partial charge in [0, 0.05) is 19.6 Å². The quantitative estimate of drug-likeness (QED) is 0.805. The van der Waals surface area contributed by atoms with E-state index in [9.17, 15) is 13.2 Å². The molecule has 1 aromatic rings. The Balaban J connectivity index is 1.82. The second kappa shape index (κ2) is 6.44. The van der Waals surface area contributed by atoms with Crippen molar-refractivity contribution in [1.82, 2.24) is 9.62 Å². The van der Waals surface area contributed by atoms with Gasteiger partial charge in [-0.2, -0.15) is 0 Å². The van der Waals surface area contributed by atoms with Crippen LogP contribution in [0.3, 0.4) is 0 Å². The summed E-state index contributed by atoms with van der Waals surface area (Å²) in [6, 6.07) is 7.37. The van der Waals surface area contributed by atoms with Gasteiger partial charge in [-0.25, -0.2) is 12.7 Å². The highest BCUT2D eigenvalue weighted by Crippen LogP contribution is 2.18. The number of nitrogens with zero attached hydrogens (tertiary/aromatic N) is 1. The first-order valence-corrected chi connectivity index (χ1v) is 8.62. The number of carbonyl (C=O) groups excluding carboxylic acids is 1. The summed E-state index contributed by atoms with van der Waals surface area (Å²) >= 11 is 0. The fourth-order valence-corrected chi connectivity index (χ4v) is 2.09. The van der Waals surface area contributed by atoms with E-state index in [0.29, 0.717) is 18.3 Å². The lowest BCUT2D eigenvalue weighted by Gasteiger charge is -2.14. The normalized spacial score (nSPS) is 15.0. The third kappa shape index (κ3) is 5.35. The first kappa shape index (κ1) is 15.8. The van der Waals surface area contributed by atoms with Gasteiger partial charge in [0.25, 0.3) is 5.91 Å². The van der Waals surface area contributed by atoms with E-state index in [1.165, 1.54) is 17.6 Å². The Bertz CT molecular complexity index is 594. The Morgan fingerprint density at radius 2 is 1.95 bits per heavy atom. The number of hydrogen-bond acceptors (Lipinski definition) is 4. The van der Waals surface area contributed by atoms with Crippen LogP contribution in [0, 0.1) is 0 Å². The molecule has 21 heavy (non-hydrogen) atoms. The summed E-state index contributed by atoms with van der Waals surface area (Å²) in [5, 5.41) is 2.84. The van der Waals surface area contributed by atoms with Crippen LogP contribution >= 0.6 is 0 Å². The molecule has 1 saturated carbocycles. The topological polar surface area (TPSA) is 75.7 Å². The van der Waals surface area contributed by atoms with Crippen molar-refractivity contribution < 1.29 is 17.9 Å². The lowest BCUT2D eigenvalue weighted by molar-refractivity contribution is -0.123. The van der Waals surface area contributed by atoms with Crippen molar-refractivity contribution in [1.29, 1.82) is 0 Å². The maximum Gasteiger partial charge on any atom is 0.258 e. The number of benzene rings is 1. The van der Waals surface area contributed by atoms with Crippen LogP contribution in [0.1, 0.15) is 18.4 Å². The predicted octanol–water partition coefficient (Wildman–Crippen LogP) is 0.735. The largest absolute Gasteiger partial charge is 0.484 e. The smallest absolute Gasteiger partial charge is 0.258 e. The summed E-state index contributed by atoms with van der Waals surface area (Å²) in [6.07, 6.45) is 3.27. The molecule has 0 bridgehead atoms. The van der Waals surface area contributed by atoms with Gasteiger partial charge in [0.15, 0.2) is 6.61 Å². The van der Waals surface area contributed by atoms with E-state index in [4.69, 9.17) is 4.74 Å². The van der Waals surface area contributed by atoms with E-state index in [1.54, 1.807) is 24.3 Å². The number of nitrogens with one attached hydrogen (secondary N) is 1. The number of hydrogen-bond donors (Lipinski definition) is 1. The molecule has 0 spiro atoms. The van der Waals surface area contributed by atoms with Crippen LogP contribution in [0.5, 0.6) is 5.75 Å². The Kier molecular flexibility index (Phi) is 4.84. The Morgan fingerprint density at radius 3 is 2.48 bits per heavy atom. The first-order chi connectivity index (χ1) is 9.84. The van der Waals surface area contributed by atoms with Crippen molar-refractivity contribution in [3.63, 3.8) is 0 Å². The van der Waals surface area contributed by atoms with E-state index < -0.39 is 10.0 Å². The van der Waals surface area contributed by atoms with Crippen LogP contribution in [0.4, 0.5) is 0 Å². The molecule has 6 nitrogen and oxygen atoms in total. The number of amides is 1. The SMILES string of the molecule is CN(Cc1ccc(OCC(=O)NC2CC2)cc1)S(C)(=O)=O. The predicted molar refractivity (Wildman–Crippen MR) is 79.4 cm³/mol. The zero-order chi connectivity index (χ0) is 15.5. The molecule has 1 amide bonds. The van der Waals surface area contributed by atoms with Gasteiger partial charge in [-0.15, -0.1) is 0 Å². The fourth-order valence-electron chi connectivity index (χ4n) is 1.71. The van der Waals surface area contributed by atoms with Crippen molar-refractivity contribution in [3.05, 3.63) is 29.8 Å². The van der Waals surface area contributed by atoms with Crippen molar-refractivity contribution in [2.75, 3.05) is 19.9 Å². The fraction of sp³-hybridized carbons (Fsp3) is 0.500. The molecule has 1 aromatic carbocycles. The highest BCUT2D eigenvalue weighted by molar-refractivity contribution is 7.88. The summed E-state index contributed by atoms with van der Waals surface area (Å²) < 4.78 is 29.3. The van der Waals surface area contributed by atoms with Crippen molar-refractivity contribution in [2.24, 2.45) is 0 Å². The van der Waals surface area contributed by atoms with Gasteiger partial charge in [0.05, 0.1) is 6.26 Å². The van der Waals surface area contributed by atoms with Gasteiger partial charge in [-0.3, -0.25) is 4.79 Å². The number of rotatable bonds is 7. The van der Waals surface area contributed by atoms with Crippen molar-refractivity contribution in [2.45, 2.75) is 25.4 Å². The van der Waals surface area contributed by atoms with Crippen LogP contribution < -0.4 is 10.1 Å². The summed E-state index contributed by atoms with van der Waals surface area (Å²) in [6.45, 7) is 0.306. The van der Waals surface area contributed by atoms with Gasteiger partial charge in [0.1, 0.15) is 5.75 Å². The lowest BCUT2D eigenvalue weighted by atomic mass is 10.2. The second-order valence-corrected chi connectivity index (χ2v) is 7.38. The molecule has 0 aromatic heterocycles. The van der Waals surface area contributed by atoms with E-state index in [2.05, 4.69) is 5.32 Å². The molecule has 1 N–H and O–H groups in total. The molecule has 2 rings (SSSR count). The standard InChI is InChI=1S/C14H20N2O4S/c1-16(21(2,18)19)9-11-3-7-13(8-4-11)20-10-14(17)15-12-5-6-12/h3-4,7-8,12H,5-6,9-10H2,1-2H3,(H,15,17). The molecule has 0 atom stereocenters. The third-order valence-electron chi connectivity index (χ3n) is 3.21. The highest BCUT2D eigenvalue weighted by atomic mass is 32.2. The van der Waals surface area contributed by atoms with Crippen LogP contribution in [0.2, 0.25) is 0 Å². The molecule has 116 valence electrons. The average Bonchev–Trinajstić information content (AvgIpc) is 3.21. The Labute approximate surface area is 125 Å². The molecule has 1 aliphatic carbocycles. The Hall–Kier alpha value is -1.60. The van der Waals surface area contributed by atoms with Crippen molar-refractivity contribution in [3.8, 4) is 5.75 Å². The molecule has 0 heterocycles. The molecule has 0 saturated heterocycles.